The molecule has 0 aromatic heterocycles. The van der Waals surface area contributed by atoms with E-state index in [1.165, 1.54) is 19.3 Å². The van der Waals surface area contributed by atoms with E-state index in [0.29, 0.717) is 24.1 Å². The molecule has 1 aliphatic carbocycles. The SMILES string of the molecule is Cc1cccc(NC(=O)[C@@H]2[C@@H]3C=C[C@]4(O3)[C@@H]2C(=O)N(CCCN2CCC(C)CC2)[C@H]4C(=O)N[C@@H]2CCC[C@H](C)[C@H]2C)c1. The number of fused-ring (bicyclic) bond motifs is 1. The lowest BCUT2D eigenvalue weighted by molar-refractivity contribution is -0.141. The topological polar surface area (TPSA) is 91.0 Å². The first kappa shape index (κ1) is 29.4. The van der Waals surface area contributed by atoms with Gasteiger partial charge in [0.1, 0.15) is 11.6 Å². The van der Waals surface area contributed by atoms with Crippen LogP contribution in [0.1, 0.15) is 64.9 Å². The minimum atomic E-state index is -1.12. The highest BCUT2D eigenvalue weighted by Crippen LogP contribution is 2.55. The smallest absolute Gasteiger partial charge is 0.246 e. The highest BCUT2D eigenvalue weighted by Gasteiger charge is 2.72. The first-order valence-electron chi connectivity index (χ1n) is 16.3. The molecule has 2 bridgehead atoms. The number of aryl methyl sites for hydroxylation is 1. The Morgan fingerprint density at radius 3 is 2.60 bits per heavy atom. The Labute approximate surface area is 250 Å². The molecule has 8 nitrogen and oxygen atoms in total. The van der Waals surface area contributed by atoms with Crippen molar-refractivity contribution in [2.45, 2.75) is 90.0 Å². The summed E-state index contributed by atoms with van der Waals surface area (Å²) in [5.41, 5.74) is 0.626. The summed E-state index contributed by atoms with van der Waals surface area (Å²) in [5.74, 6) is -0.234. The van der Waals surface area contributed by atoms with Crippen molar-refractivity contribution in [2.24, 2.45) is 29.6 Å². The fraction of sp³-hybridized carbons (Fsp3) is 0.676. The van der Waals surface area contributed by atoms with Crippen molar-refractivity contribution in [2.75, 3.05) is 31.5 Å². The number of hydrogen-bond donors (Lipinski definition) is 2. The molecule has 2 N–H and O–H groups in total. The summed E-state index contributed by atoms with van der Waals surface area (Å²) in [6.45, 7) is 12.3. The van der Waals surface area contributed by atoms with Crippen molar-refractivity contribution >= 4 is 23.4 Å². The third kappa shape index (κ3) is 5.30. The fourth-order valence-electron chi connectivity index (χ4n) is 8.25. The molecule has 42 heavy (non-hydrogen) atoms. The molecule has 5 aliphatic rings. The van der Waals surface area contributed by atoms with Gasteiger partial charge in [0.2, 0.25) is 17.7 Å². The molecule has 4 aliphatic heterocycles. The number of likely N-dealkylation sites (tertiary alicyclic amines) is 2. The lowest BCUT2D eigenvalue weighted by Crippen LogP contribution is -2.58. The molecule has 1 spiro atoms. The summed E-state index contributed by atoms with van der Waals surface area (Å²) in [4.78, 5) is 46.5. The van der Waals surface area contributed by atoms with Crippen molar-refractivity contribution in [1.82, 2.24) is 15.1 Å². The molecule has 0 radical (unpaired) electrons. The number of carbonyl (C=O) groups excluding carboxylic acids is 3. The van der Waals surface area contributed by atoms with E-state index in [1.54, 1.807) is 4.90 Å². The normalized spacial score (nSPS) is 36.3. The van der Waals surface area contributed by atoms with Crippen LogP contribution < -0.4 is 10.6 Å². The fourth-order valence-corrected chi connectivity index (χ4v) is 8.25. The number of carbonyl (C=O) groups is 3. The monoisotopic (exact) mass is 576 g/mol. The molecule has 1 saturated carbocycles. The van der Waals surface area contributed by atoms with Gasteiger partial charge < -0.3 is 25.2 Å². The molecule has 6 rings (SSSR count). The van der Waals surface area contributed by atoms with Crippen molar-refractivity contribution in [1.29, 1.82) is 0 Å². The number of piperidine rings is 1. The van der Waals surface area contributed by atoms with E-state index in [0.717, 1.165) is 50.4 Å². The second-order valence-electron chi connectivity index (χ2n) is 13.9. The molecule has 1 aromatic rings. The maximum atomic E-state index is 14.3. The van der Waals surface area contributed by atoms with Gasteiger partial charge in [-0.15, -0.1) is 0 Å². The largest absolute Gasteiger partial charge is 0.359 e. The minimum Gasteiger partial charge on any atom is -0.359 e. The Kier molecular flexibility index (Phi) is 8.22. The maximum absolute atomic E-state index is 14.3. The van der Waals surface area contributed by atoms with Crippen LogP contribution in [0.2, 0.25) is 0 Å². The van der Waals surface area contributed by atoms with Crippen LogP contribution in [-0.4, -0.2) is 77.5 Å². The van der Waals surface area contributed by atoms with Crippen LogP contribution >= 0.6 is 0 Å². The summed E-state index contributed by atoms with van der Waals surface area (Å²) in [6, 6.07) is 6.96. The Bertz CT molecular complexity index is 1230. The zero-order valence-corrected chi connectivity index (χ0v) is 25.7. The molecule has 4 fully saturated rings. The average molecular weight is 577 g/mol. The van der Waals surface area contributed by atoms with Gasteiger partial charge in [0.15, 0.2) is 0 Å². The highest BCUT2D eigenvalue weighted by molar-refractivity contribution is 6.02. The van der Waals surface area contributed by atoms with Crippen LogP contribution in [0.15, 0.2) is 36.4 Å². The molecule has 3 saturated heterocycles. The molecular formula is C34H48N4O4. The second-order valence-corrected chi connectivity index (χ2v) is 13.9. The number of amides is 3. The van der Waals surface area contributed by atoms with Gasteiger partial charge in [-0.3, -0.25) is 14.4 Å². The molecular weight excluding hydrogens is 528 g/mol. The number of benzene rings is 1. The summed E-state index contributed by atoms with van der Waals surface area (Å²) in [5, 5.41) is 6.39. The Morgan fingerprint density at radius 2 is 1.83 bits per heavy atom. The van der Waals surface area contributed by atoms with Gasteiger partial charge in [-0.2, -0.15) is 0 Å². The first-order chi connectivity index (χ1) is 20.2. The standard InChI is InChI=1S/C34H48N4O4/c1-21-13-18-37(19-14-21)16-7-17-38-30(32(40)36-26-11-6-9-23(3)24(26)4)34-15-12-27(42-34)28(29(34)33(38)41)31(39)35-25-10-5-8-22(2)20-25/h5,8,10,12,15,20-21,23-24,26-30H,6-7,9,11,13-14,16-19H2,1-4H3,(H,35,39)(H,36,40)/t23-,24+,26+,27-,28+,29-,30-,34-/m0/s1. The number of ether oxygens (including phenoxy) is 1. The third-order valence-corrected chi connectivity index (χ3v) is 11.0. The van der Waals surface area contributed by atoms with Crippen molar-refractivity contribution < 1.29 is 19.1 Å². The molecule has 8 atom stereocenters. The minimum absolute atomic E-state index is 0.0759. The zero-order chi connectivity index (χ0) is 29.6. The van der Waals surface area contributed by atoms with E-state index in [2.05, 4.69) is 36.3 Å². The summed E-state index contributed by atoms with van der Waals surface area (Å²) in [6.07, 6.45) is 9.70. The summed E-state index contributed by atoms with van der Waals surface area (Å²) < 4.78 is 6.55. The van der Waals surface area contributed by atoms with E-state index >= 15 is 0 Å². The van der Waals surface area contributed by atoms with Gasteiger partial charge in [-0.25, -0.2) is 0 Å². The zero-order valence-electron chi connectivity index (χ0n) is 25.7. The van der Waals surface area contributed by atoms with Crippen molar-refractivity contribution in [3.8, 4) is 0 Å². The lowest BCUT2D eigenvalue weighted by Gasteiger charge is -2.38. The van der Waals surface area contributed by atoms with Gasteiger partial charge in [0.05, 0.1) is 17.9 Å². The van der Waals surface area contributed by atoms with Crippen molar-refractivity contribution in [3.05, 3.63) is 42.0 Å². The van der Waals surface area contributed by atoms with Crippen molar-refractivity contribution in [3.63, 3.8) is 0 Å². The summed E-state index contributed by atoms with van der Waals surface area (Å²) in [7, 11) is 0. The first-order valence-corrected chi connectivity index (χ1v) is 16.3. The Balaban J connectivity index is 1.24. The quantitative estimate of drug-likeness (QED) is 0.454. The molecule has 228 valence electrons. The molecule has 1 aromatic carbocycles. The van der Waals surface area contributed by atoms with Gasteiger partial charge in [-0.1, -0.05) is 57.9 Å². The van der Waals surface area contributed by atoms with Crippen LogP contribution in [0.3, 0.4) is 0 Å². The number of nitrogens with one attached hydrogen (secondary N) is 2. The van der Waals surface area contributed by atoms with Gasteiger partial charge >= 0.3 is 0 Å². The van der Waals surface area contributed by atoms with Crippen LogP contribution in [0.25, 0.3) is 0 Å². The molecule has 4 heterocycles. The number of anilines is 1. The lowest BCUT2D eigenvalue weighted by atomic mass is 9.73. The van der Waals surface area contributed by atoms with E-state index < -0.39 is 29.6 Å². The Hall–Kier alpha value is -2.71. The average Bonchev–Trinajstić information content (AvgIpc) is 3.60. The van der Waals surface area contributed by atoms with Crippen LogP contribution in [0.5, 0.6) is 0 Å². The van der Waals surface area contributed by atoms with E-state index in [1.807, 2.05) is 43.3 Å². The number of rotatable bonds is 8. The summed E-state index contributed by atoms with van der Waals surface area (Å²) >= 11 is 0. The van der Waals surface area contributed by atoms with Gasteiger partial charge in [-0.05, 0) is 87.7 Å². The second kappa shape index (κ2) is 11.8. The molecule has 3 amide bonds. The predicted octanol–water partition coefficient (Wildman–Crippen LogP) is 4.15. The predicted molar refractivity (Wildman–Crippen MR) is 163 cm³/mol. The Morgan fingerprint density at radius 1 is 1.05 bits per heavy atom. The van der Waals surface area contributed by atoms with Crippen LogP contribution in [0, 0.1) is 36.5 Å². The third-order valence-electron chi connectivity index (χ3n) is 11.0. The van der Waals surface area contributed by atoms with Crippen LogP contribution in [-0.2, 0) is 19.1 Å². The van der Waals surface area contributed by atoms with E-state index in [9.17, 15) is 14.4 Å². The highest BCUT2D eigenvalue weighted by atomic mass is 16.5. The van der Waals surface area contributed by atoms with Gasteiger partial charge in [0, 0.05) is 18.3 Å². The van der Waals surface area contributed by atoms with E-state index in [-0.39, 0.29) is 23.8 Å². The van der Waals surface area contributed by atoms with E-state index in [4.69, 9.17) is 4.74 Å². The van der Waals surface area contributed by atoms with Crippen LogP contribution in [0.4, 0.5) is 5.69 Å². The number of hydrogen-bond acceptors (Lipinski definition) is 5. The molecule has 0 unspecified atom stereocenters. The number of nitrogens with zero attached hydrogens (tertiary/aromatic N) is 2. The van der Waals surface area contributed by atoms with Gasteiger partial charge in [0.25, 0.3) is 0 Å². The maximum Gasteiger partial charge on any atom is 0.246 e. The molecule has 8 heteroatoms.